The van der Waals surface area contributed by atoms with Gasteiger partial charge in [0.05, 0.1) is 28.3 Å². The number of non-ortho nitro benzene ring substituents is 1. The molecule has 1 aromatic heterocycles. The number of aromatic nitrogens is 1. The Morgan fingerprint density at radius 1 is 1.28 bits per heavy atom. The molecular formula is C17H14BrN3O3S. The van der Waals surface area contributed by atoms with E-state index in [0.29, 0.717) is 13.2 Å². The first kappa shape index (κ1) is 16.4. The minimum Gasteiger partial charge on any atom is -0.370 e. The van der Waals surface area contributed by atoms with Crippen molar-refractivity contribution in [2.45, 2.75) is 6.10 Å². The molecule has 1 fully saturated rings. The number of nitro groups is 1. The minimum atomic E-state index is -0.378. The molecule has 0 spiro atoms. The number of anilines is 1. The molecule has 3 aromatic rings. The van der Waals surface area contributed by atoms with E-state index in [0.717, 1.165) is 31.9 Å². The number of nitrogens with zero attached hydrogens (tertiary/aromatic N) is 3. The molecule has 1 atom stereocenters. The predicted octanol–water partition coefficient (Wildman–Crippen LogP) is 4.54. The smallest absolute Gasteiger partial charge is 0.270 e. The second kappa shape index (κ2) is 6.70. The largest absolute Gasteiger partial charge is 0.370 e. The van der Waals surface area contributed by atoms with Gasteiger partial charge in [0.15, 0.2) is 5.13 Å². The number of nitro benzene ring substituents is 1. The zero-order valence-electron chi connectivity index (χ0n) is 13.1. The Morgan fingerprint density at radius 3 is 2.84 bits per heavy atom. The third-order valence-corrected chi connectivity index (χ3v) is 5.76. The second-order valence-electron chi connectivity index (χ2n) is 5.76. The Labute approximate surface area is 156 Å². The van der Waals surface area contributed by atoms with Crippen LogP contribution in [0.2, 0.25) is 0 Å². The summed E-state index contributed by atoms with van der Waals surface area (Å²) >= 11 is 4.93. The highest BCUT2D eigenvalue weighted by Gasteiger charge is 2.24. The number of morpholine rings is 1. The van der Waals surface area contributed by atoms with Gasteiger partial charge in [0.2, 0.25) is 0 Å². The summed E-state index contributed by atoms with van der Waals surface area (Å²) in [7, 11) is 0. The molecule has 0 saturated carbocycles. The van der Waals surface area contributed by atoms with Gasteiger partial charge < -0.3 is 9.64 Å². The zero-order valence-corrected chi connectivity index (χ0v) is 15.5. The molecule has 0 amide bonds. The summed E-state index contributed by atoms with van der Waals surface area (Å²) in [6.45, 7) is 2.09. The standard InChI is InChI=1S/C17H14BrN3O3S/c18-12-3-1-11(2-4-12)15-10-20(7-8-24-15)17-19-14-6-5-13(21(22)23)9-16(14)25-17/h1-6,9,15H,7-8,10H2. The third-order valence-electron chi connectivity index (χ3n) is 4.15. The van der Waals surface area contributed by atoms with Crippen LogP contribution >= 0.6 is 27.3 Å². The first-order valence-electron chi connectivity index (χ1n) is 7.77. The van der Waals surface area contributed by atoms with Gasteiger partial charge in [-0.1, -0.05) is 39.4 Å². The summed E-state index contributed by atoms with van der Waals surface area (Å²) in [5.74, 6) is 0. The van der Waals surface area contributed by atoms with Gasteiger partial charge in [-0.15, -0.1) is 0 Å². The lowest BCUT2D eigenvalue weighted by Crippen LogP contribution is -2.38. The first-order chi connectivity index (χ1) is 12.1. The maximum atomic E-state index is 10.9. The van der Waals surface area contributed by atoms with Crippen LogP contribution in [-0.2, 0) is 4.74 Å². The number of rotatable bonds is 3. The molecule has 0 N–H and O–H groups in total. The van der Waals surface area contributed by atoms with Crippen LogP contribution < -0.4 is 4.90 Å². The average Bonchev–Trinajstić information content (AvgIpc) is 3.05. The highest BCUT2D eigenvalue weighted by molar-refractivity contribution is 9.10. The summed E-state index contributed by atoms with van der Waals surface area (Å²) in [5.41, 5.74) is 2.01. The van der Waals surface area contributed by atoms with E-state index in [1.165, 1.54) is 17.4 Å². The fourth-order valence-electron chi connectivity index (χ4n) is 2.85. The number of fused-ring (bicyclic) bond motifs is 1. The number of halogens is 1. The van der Waals surface area contributed by atoms with Crippen LogP contribution in [0.15, 0.2) is 46.9 Å². The van der Waals surface area contributed by atoms with E-state index in [9.17, 15) is 10.1 Å². The molecule has 4 rings (SSSR count). The van der Waals surface area contributed by atoms with Crippen molar-refractivity contribution in [3.8, 4) is 0 Å². The molecule has 25 heavy (non-hydrogen) atoms. The lowest BCUT2D eigenvalue weighted by molar-refractivity contribution is -0.384. The highest BCUT2D eigenvalue weighted by Crippen LogP contribution is 2.34. The van der Waals surface area contributed by atoms with E-state index in [1.54, 1.807) is 12.1 Å². The molecule has 1 unspecified atom stereocenters. The minimum absolute atomic E-state index is 0.0109. The van der Waals surface area contributed by atoms with Crippen molar-refractivity contribution in [1.29, 1.82) is 0 Å². The van der Waals surface area contributed by atoms with E-state index in [1.807, 2.05) is 12.1 Å². The van der Waals surface area contributed by atoms with E-state index in [2.05, 4.69) is 37.9 Å². The van der Waals surface area contributed by atoms with Crippen molar-refractivity contribution < 1.29 is 9.66 Å². The molecule has 2 aromatic carbocycles. The number of thiazole rings is 1. The molecule has 0 bridgehead atoms. The quantitative estimate of drug-likeness (QED) is 0.460. The fourth-order valence-corrected chi connectivity index (χ4v) is 4.15. The van der Waals surface area contributed by atoms with Crippen LogP contribution in [0.5, 0.6) is 0 Å². The van der Waals surface area contributed by atoms with Crippen molar-refractivity contribution in [3.63, 3.8) is 0 Å². The van der Waals surface area contributed by atoms with Crippen LogP contribution in [0.1, 0.15) is 11.7 Å². The molecule has 6 nitrogen and oxygen atoms in total. The van der Waals surface area contributed by atoms with Gasteiger partial charge in [0.25, 0.3) is 5.69 Å². The van der Waals surface area contributed by atoms with Crippen LogP contribution in [0.3, 0.4) is 0 Å². The number of benzene rings is 2. The Morgan fingerprint density at radius 2 is 2.08 bits per heavy atom. The molecule has 1 aliphatic rings. The number of ether oxygens (including phenoxy) is 1. The van der Waals surface area contributed by atoms with E-state index in [-0.39, 0.29) is 16.7 Å². The molecule has 1 aliphatic heterocycles. The van der Waals surface area contributed by atoms with Gasteiger partial charge in [-0.3, -0.25) is 10.1 Å². The molecule has 0 aliphatic carbocycles. The molecule has 2 heterocycles. The summed E-state index contributed by atoms with van der Waals surface area (Å²) < 4.78 is 7.78. The van der Waals surface area contributed by atoms with Gasteiger partial charge in [-0.25, -0.2) is 4.98 Å². The Hall–Kier alpha value is -2.03. The van der Waals surface area contributed by atoms with E-state index >= 15 is 0 Å². The van der Waals surface area contributed by atoms with Gasteiger partial charge in [0.1, 0.15) is 6.10 Å². The highest BCUT2D eigenvalue weighted by atomic mass is 79.9. The van der Waals surface area contributed by atoms with Crippen molar-refractivity contribution in [3.05, 3.63) is 62.6 Å². The van der Waals surface area contributed by atoms with Crippen molar-refractivity contribution in [2.75, 3.05) is 24.6 Å². The zero-order chi connectivity index (χ0) is 17.4. The summed E-state index contributed by atoms with van der Waals surface area (Å²) in [6, 6.07) is 12.9. The normalized spacial score (nSPS) is 17.8. The molecular weight excluding hydrogens is 406 g/mol. The average molecular weight is 420 g/mol. The molecule has 0 radical (unpaired) electrons. The second-order valence-corrected chi connectivity index (χ2v) is 7.69. The van der Waals surface area contributed by atoms with Crippen LogP contribution in [0, 0.1) is 10.1 Å². The van der Waals surface area contributed by atoms with E-state index < -0.39 is 0 Å². The molecule has 128 valence electrons. The topological polar surface area (TPSA) is 68.5 Å². The lowest BCUT2D eigenvalue weighted by atomic mass is 10.1. The number of hydrogen-bond donors (Lipinski definition) is 0. The summed E-state index contributed by atoms with van der Waals surface area (Å²) in [5, 5.41) is 11.8. The van der Waals surface area contributed by atoms with Crippen molar-refractivity contribution >= 4 is 48.3 Å². The monoisotopic (exact) mass is 419 g/mol. The first-order valence-corrected chi connectivity index (χ1v) is 9.38. The predicted molar refractivity (Wildman–Crippen MR) is 101 cm³/mol. The summed E-state index contributed by atoms with van der Waals surface area (Å²) in [4.78, 5) is 17.4. The van der Waals surface area contributed by atoms with Gasteiger partial charge in [-0.05, 0) is 23.8 Å². The Kier molecular flexibility index (Phi) is 4.41. The number of hydrogen-bond acceptors (Lipinski definition) is 6. The van der Waals surface area contributed by atoms with Crippen LogP contribution in [0.25, 0.3) is 10.2 Å². The Balaban J connectivity index is 1.59. The van der Waals surface area contributed by atoms with Crippen molar-refractivity contribution in [2.24, 2.45) is 0 Å². The van der Waals surface area contributed by atoms with Crippen LogP contribution in [0.4, 0.5) is 10.8 Å². The molecule has 8 heteroatoms. The maximum Gasteiger partial charge on any atom is 0.270 e. The van der Waals surface area contributed by atoms with Gasteiger partial charge >= 0.3 is 0 Å². The van der Waals surface area contributed by atoms with Gasteiger partial charge in [-0.2, -0.15) is 0 Å². The SMILES string of the molecule is O=[N+]([O-])c1ccc2nc(N3CCOC(c4ccc(Br)cc4)C3)sc2c1. The fraction of sp³-hybridized carbons (Fsp3) is 0.235. The maximum absolute atomic E-state index is 10.9. The van der Waals surface area contributed by atoms with Crippen molar-refractivity contribution in [1.82, 2.24) is 4.98 Å². The summed E-state index contributed by atoms with van der Waals surface area (Å²) in [6.07, 6.45) is -0.0109. The Bertz CT molecular complexity index is 929. The lowest BCUT2D eigenvalue weighted by Gasteiger charge is -2.33. The third kappa shape index (κ3) is 3.37. The van der Waals surface area contributed by atoms with Gasteiger partial charge in [0, 0.05) is 23.2 Å². The van der Waals surface area contributed by atoms with Crippen LogP contribution in [-0.4, -0.2) is 29.6 Å². The van der Waals surface area contributed by atoms with E-state index in [4.69, 9.17) is 4.74 Å². The molecule has 1 saturated heterocycles.